The number of aliphatic carboxylic acids is 1. The number of hydrogen-bond donors (Lipinski definition) is 1. The van der Waals surface area contributed by atoms with Gasteiger partial charge in [0, 0.05) is 30.5 Å². The lowest BCUT2D eigenvalue weighted by molar-refractivity contribution is -0.141. The molecule has 2 rings (SSSR count). The number of rotatable bonds is 4. The van der Waals surface area contributed by atoms with Crippen LogP contribution in [0.25, 0.3) is 0 Å². The number of nitrogens with zero attached hydrogens (tertiary/aromatic N) is 1. The van der Waals surface area contributed by atoms with Crippen LogP contribution in [0.2, 0.25) is 5.02 Å². The van der Waals surface area contributed by atoms with Gasteiger partial charge in [0.05, 0.1) is 5.92 Å². The van der Waals surface area contributed by atoms with Crippen molar-refractivity contribution in [2.24, 2.45) is 5.92 Å². The SMILES string of the molecule is CCCC(=O)N1C[C@@H](C(=O)O)[C@H](c2ccc(Cl)cc2)C1. The first-order chi connectivity index (χ1) is 9.52. The minimum absolute atomic E-state index is 0.0372. The van der Waals surface area contributed by atoms with Crippen LogP contribution in [0.4, 0.5) is 0 Å². The average Bonchev–Trinajstić information content (AvgIpc) is 2.85. The van der Waals surface area contributed by atoms with Crippen LogP contribution >= 0.6 is 11.6 Å². The summed E-state index contributed by atoms with van der Waals surface area (Å²) in [6.45, 7) is 2.71. The number of halogens is 1. The van der Waals surface area contributed by atoms with Crippen molar-refractivity contribution in [3.05, 3.63) is 34.9 Å². The third-order valence-corrected chi connectivity index (χ3v) is 4.00. The Bertz CT molecular complexity index is 500. The van der Waals surface area contributed by atoms with E-state index in [1.807, 2.05) is 19.1 Å². The highest BCUT2D eigenvalue weighted by molar-refractivity contribution is 6.30. The number of carbonyl (C=O) groups is 2. The number of carboxylic acids is 1. The van der Waals surface area contributed by atoms with Crippen LogP contribution in [0, 0.1) is 5.92 Å². The molecule has 0 aliphatic carbocycles. The topological polar surface area (TPSA) is 57.6 Å². The van der Waals surface area contributed by atoms with E-state index in [-0.39, 0.29) is 11.8 Å². The van der Waals surface area contributed by atoms with E-state index in [0.29, 0.717) is 24.5 Å². The van der Waals surface area contributed by atoms with E-state index >= 15 is 0 Å². The zero-order valence-electron chi connectivity index (χ0n) is 11.4. The van der Waals surface area contributed by atoms with Gasteiger partial charge in [-0.05, 0) is 24.1 Å². The van der Waals surface area contributed by atoms with Gasteiger partial charge in [-0.1, -0.05) is 30.7 Å². The van der Waals surface area contributed by atoms with Gasteiger partial charge in [-0.3, -0.25) is 9.59 Å². The molecule has 1 N–H and O–H groups in total. The summed E-state index contributed by atoms with van der Waals surface area (Å²) in [6.07, 6.45) is 1.25. The van der Waals surface area contributed by atoms with Crippen molar-refractivity contribution in [3.8, 4) is 0 Å². The summed E-state index contributed by atoms with van der Waals surface area (Å²) in [5.41, 5.74) is 0.925. The second kappa shape index (κ2) is 6.27. The first-order valence-electron chi connectivity index (χ1n) is 6.79. The molecule has 4 nitrogen and oxygen atoms in total. The maximum absolute atomic E-state index is 12.0. The average molecular weight is 296 g/mol. The molecule has 20 heavy (non-hydrogen) atoms. The lowest BCUT2D eigenvalue weighted by Gasteiger charge is -2.16. The van der Waals surface area contributed by atoms with E-state index in [2.05, 4.69) is 0 Å². The molecule has 108 valence electrons. The van der Waals surface area contributed by atoms with Crippen LogP contribution in [-0.4, -0.2) is 35.0 Å². The Morgan fingerprint density at radius 1 is 1.30 bits per heavy atom. The molecule has 0 spiro atoms. The fourth-order valence-corrected chi connectivity index (χ4v) is 2.80. The predicted molar refractivity (Wildman–Crippen MR) is 76.8 cm³/mol. The van der Waals surface area contributed by atoms with E-state index in [9.17, 15) is 14.7 Å². The monoisotopic (exact) mass is 295 g/mol. The van der Waals surface area contributed by atoms with Crippen molar-refractivity contribution >= 4 is 23.5 Å². The summed E-state index contributed by atoms with van der Waals surface area (Å²) in [4.78, 5) is 25.0. The molecule has 1 fully saturated rings. The molecule has 0 saturated carbocycles. The number of benzene rings is 1. The predicted octanol–water partition coefficient (Wildman–Crippen LogP) is 2.77. The van der Waals surface area contributed by atoms with Gasteiger partial charge in [0.25, 0.3) is 0 Å². The van der Waals surface area contributed by atoms with E-state index < -0.39 is 11.9 Å². The highest BCUT2D eigenvalue weighted by Gasteiger charge is 2.40. The van der Waals surface area contributed by atoms with Crippen molar-refractivity contribution in [1.82, 2.24) is 4.90 Å². The molecule has 1 aromatic rings. The summed E-state index contributed by atoms with van der Waals surface area (Å²) in [6, 6.07) is 7.20. The fraction of sp³-hybridized carbons (Fsp3) is 0.467. The highest BCUT2D eigenvalue weighted by atomic mass is 35.5. The summed E-state index contributed by atoms with van der Waals surface area (Å²) in [7, 11) is 0. The van der Waals surface area contributed by atoms with Gasteiger partial charge in [0.2, 0.25) is 5.91 Å². The number of amides is 1. The molecule has 1 heterocycles. The number of carbonyl (C=O) groups excluding carboxylic acids is 1. The molecule has 1 saturated heterocycles. The lowest BCUT2D eigenvalue weighted by Crippen LogP contribution is -2.29. The molecule has 0 aromatic heterocycles. The largest absolute Gasteiger partial charge is 0.481 e. The first kappa shape index (κ1) is 14.9. The molecule has 1 aliphatic heterocycles. The Morgan fingerprint density at radius 3 is 2.50 bits per heavy atom. The Kier molecular flexibility index (Phi) is 4.65. The van der Waals surface area contributed by atoms with Gasteiger partial charge >= 0.3 is 5.97 Å². The van der Waals surface area contributed by atoms with Crippen molar-refractivity contribution < 1.29 is 14.7 Å². The van der Waals surface area contributed by atoms with Crippen molar-refractivity contribution in [3.63, 3.8) is 0 Å². The Balaban J connectivity index is 2.19. The van der Waals surface area contributed by atoms with Crippen LogP contribution in [0.15, 0.2) is 24.3 Å². The van der Waals surface area contributed by atoms with Gasteiger partial charge < -0.3 is 10.0 Å². The molecule has 5 heteroatoms. The molecular formula is C15H18ClNO3. The normalized spacial score (nSPS) is 22.0. The number of hydrogen-bond acceptors (Lipinski definition) is 2. The minimum atomic E-state index is -0.850. The second-order valence-electron chi connectivity index (χ2n) is 5.15. The molecule has 1 amide bonds. The number of carboxylic acid groups (broad SMARTS) is 1. The molecular weight excluding hydrogens is 278 g/mol. The molecule has 0 radical (unpaired) electrons. The summed E-state index contributed by atoms with van der Waals surface area (Å²) in [5, 5.41) is 9.99. The molecule has 1 aromatic carbocycles. The lowest BCUT2D eigenvalue weighted by atomic mass is 9.89. The fourth-order valence-electron chi connectivity index (χ4n) is 2.68. The third kappa shape index (κ3) is 3.12. The summed E-state index contributed by atoms with van der Waals surface area (Å²) >= 11 is 5.86. The van der Waals surface area contributed by atoms with Crippen LogP contribution in [0.1, 0.15) is 31.2 Å². The first-order valence-corrected chi connectivity index (χ1v) is 7.16. The van der Waals surface area contributed by atoms with E-state index in [1.165, 1.54) is 0 Å². The zero-order valence-corrected chi connectivity index (χ0v) is 12.1. The van der Waals surface area contributed by atoms with Crippen molar-refractivity contribution in [1.29, 1.82) is 0 Å². The summed E-state index contributed by atoms with van der Waals surface area (Å²) in [5.74, 6) is -1.52. The van der Waals surface area contributed by atoms with Crippen molar-refractivity contribution in [2.75, 3.05) is 13.1 Å². The van der Waals surface area contributed by atoms with E-state index in [0.717, 1.165) is 12.0 Å². The van der Waals surface area contributed by atoms with Gasteiger partial charge in [-0.2, -0.15) is 0 Å². The smallest absolute Gasteiger partial charge is 0.308 e. The van der Waals surface area contributed by atoms with Crippen LogP contribution < -0.4 is 0 Å². The molecule has 2 atom stereocenters. The van der Waals surface area contributed by atoms with Crippen molar-refractivity contribution in [2.45, 2.75) is 25.7 Å². The van der Waals surface area contributed by atoms with Crippen LogP contribution in [0.5, 0.6) is 0 Å². The van der Waals surface area contributed by atoms with Gasteiger partial charge in [-0.25, -0.2) is 0 Å². The summed E-state index contributed by atoms with van der Waals surface area (Å²) < 4.78 is 0. The zero-order chi connectivity index (χ0) is 14.7. The van der Waals surface area contributed by atoms with Crippen LogP contribution in [0.3, 0.4) is 0 Å². The maximum Gasteiger partial charge on any atom is 0.308 e. The van der Waals surface area contributed by atoms with E-state index in [4.69, 9.17) is 11.6 Å². The molecule has 1 aliphatic rings. The Hall–Kier alpha value is -1.55. The standard InChI is InChI=1S/C15H18ClNO3/c1-2-3-14(18)17-8-12(13(9-17)15(19)20)10-4-6-11(16)7-5-10/h4-7,12-13H,2-3,8-9H2,1H3,(H,19,20)/t12-,13+/m0/s1. The van der Waals surface area contributed by atoms with E-state index in [1.54, 1.807) is 17.0 Å². The van der Waals surface area contributed by atoms with Gasteiger partial charge in [0.1, 0.15) is 0 Å². The van der Waals surface area contributed by atoms with Gasteiger partial charge in [-0.15, -0.1) is 0 Å². The highest BCUT2D eigenvalue weighted by Crippen LogP contribution is 2.33. The Morgan fingerprint density at radius 2 is 1.95 bits per heavy atom. The minimum Gasteiger partial charge on any atom is -0.481 e. The molecule has 0 unspecified atom stereocenters. The van der Waals surface area contributed by atoms with Gasteiger partial charge in [0.15, 0.2) is 0 Å². The Labute approximate surface area is 123 Å². The van der Waals surface area contributed by atoms with Crippen LogP contribution in [-0.2, 0) is 9.59 Å². The molecule has 0 bridgehead atoms. The quantitative estimate of drug-likeness (QED) is 0.929. The second-order valence-corrected chi connectivity index (χ2v) is 5.59. The maximum atomic E-state index is 12.0. The third-order valence-electron chi connectivity index (χ3n) is 3.75. The number of likely N-dealkylation sites (tertiary alicyclic amines) is 1.